The quantitative estimate of drug-likeness (QED) is 0.810. The summed E-state index contributed by atoms with van der Waals surface area (Å²) >= 11 is 0. The Morgan fingerprint density at radius 3 is 3.00 bits per heavy atom. The van der Waals surface area contributed by atoms with Gasteiger partial charge >= 0.3 is 0 Å². The second-order valence-corrected chi connectivity index (χ2v) is 4.01. The first kappa shape index (κ1) is 10.4. The van der Waals surface area contributed by atoms with E-state index in [0.717, 1.165) is 24.8 Å². The Balaban J connectivity index is 2.45. The summed E-state index contributed by atoms with van der Waals surface area (Å²) in [6, 6.07) is 3.40. The van der Waals surface area contributed by atoms with Crippen LogP contribution in [0.3, 0.4) is 0 Å². The molecule has 3 heteroatoms. The summed E-state index contributed by atoms with van der Waals surface area (Å²) in [6.45, 7) is 0.596. The lowest BCUT2D eigenvalue weighted by Crippen LogP contribution is -2.18. The van der Waals surface area contributed by atoms with Gasteiger partial charge in [-0.15, -0.1) is 0 Å². The van der Waals surface area contributed by atoms with Gasteiger partial charge in [-0.05, 0) is 55.0 Å². The zero-order chi connectivity index (χ0) is 10.8. The number of methoxy groups -OCH3 is 1. The molecule has 0 saturated carbocycles. The number of fused-ring (bicyclic) bond motifs is 1. The van der Waals surface area contributed by atoms with E-state index in [1.165, 1.54) is 12.7 Å². The van der Waals surface area contributed by atoms with Crippen molar-refractivity contribution < 1.29 is 9.13 Å². The molecule has 0 radical (unpaired) electrons. The first-order chi connectivity index (χ1) is 7.26. The Morgan fingerprint density at radius 1 is 1.53 bits per heavy atom. The fraction of sp³-hybridized carbons (Fsp3) is 0.500. The van der Waals surface area contributed by atoms with E-state index in [1.54, 1.807) is 6.07 Å². The zero-order valence-electron chi connectivity index (χ0n) is 8.92. The van der Waals surface area contributed by atoms with E-state index < -0.39 is 0 Å². The molecule has 1 aromatic carbocycles. The maximum Gasteiger partial charge on any atom is 0.165 e. The van der Waals surface area contributed by atoms with Crippen molar-refractivity contribution in [1.29, 1.82) is 0 Å². The van der Waals surface area contributed by atoms with E-state index in [4.69, 9.17) is 10.5 Å². The van der Waals surface area contributed by atoms with Crippen LogP contribution in [-0.4, -0.2) is 13.7 Å². The average molecular weight is 209 g/mol. The Kier molecular flexibility index (Phi) is 2.91. The van der Waals surface area contributed by atoms with Gasteiger partial charge in [0.05, 0.1) is 7.11 Å². The van der Waals surface area contributed by atoms with Gasteiger partial charge in [-0.25, -0.2) is 4.39 Å². The molecule has 1 aromatic rings. The summed E-state index contributed by atoms with van der Waals surface area (Å²) in [7, 11) is 1.49. The highest BCUT2D eigenvalue weighted by Crippen LogP contribution is 2.34. The topological polar surface area (TPSA) is 35.2 Å². The molecule has 2 N–H and O–H groups in total. The van der Waals surface area contributed by atoms with Crippen LogP contribution in [0.4, 0.5) is 4.39 Å². The van der Waals surface area contributed by atoms with Crippen LogP contribution < -0.4 is 10.5 Å². The molecule has 2 nitrogen and oxygen atoms in total. The van der Waals surface area contributed by atoms with E-state index in [0.29, 0.717) is 18.2 Å². The normalized spacial score (nSPS) is 19.8. The van der Waals surface area contributed by atoms with Crippen molar-refractivity contribution in [3.05, 3.63) is 29.1 Å². The largest absolute Gasteiger partial charge is 0.494 e. The molecule has 1 unspecified atom stereocenters. The minimum absolute atomic E-state index is 0.281. The van der Waals surface area contributed by atoms with Gasteiger partial charge in [0.15, 0.2) is 11.6 Å². The van der Waals surface area contributed by atoms with Crippen LogP contribution in [-0.2, 0) is 6.42 Å². The number of hydrogen-bond acceptors (Lipinski definition) is 2. The monoisotopic (exact) mass is 209 g/mol. The van der Waals surface area contributed by atoms with Gasteiger partial charge in [-0.1, -0.05) is 0 Å². The molecule has 1 atom stereocenters. The van der Waals surface area contributed by atoms with Gasteiger partial charge in [-0.3, -0.25) is 0 Å². The highest BCUT2D eigenvalue weighted by Gasteiger charge is 2.21. The highest BCUT2D eigenvalue weighted by molar-refractivity contribution is 5.40. The molecule has 1 aliphatic carbocycles. The summed E-state index contributed by atoms with van der Waals surface area (Å²) < 4.78 is 18.5. The Labute approximate surface area is 89.2 Å². The van der Waals surface area contributed by atoms with E-state index in [-0.39, 0.29) is 5.82 Å². The summed E-state index contributed by atoms with van der Waals surface area (Å²) in [5.41, 5.74) is 7.95. The molecule has 2 rings (SSSR count). The standard InChI is InChI=1S/C12H16FNO/c1-15-12-5-8-3-2-4-9(7-14)10(8)6-11(12)13/h5-6,9H,2-4,7,14H2,1H3. The molecule has 0 aliphatic heterocycles. The second kappa shape index (κ2) is 4.19. The maximum atomic E-state index is 13.5. The van der Waals surface area contributed by atoms with Crippen molar-refractivity contribution in [2.45, 2.75) is 25.2 Å². The molecule has 82 valence electrons. The molecular weight excluding hydrogens is 193 g/mol. The fourth-order valence-corrected chi connectivity index (χ4v) is 2.30. The average Bonchev–Trinajstić information content (AvgIpc) is 2.27. The SMILES string of the molecule is COc1cc2c(cc1F)C(CN)CCC2. The minimum Gasteiger partial charge on any atom is -0.494 e. The van der Waals surface area contributed by atoms with Crippen LogP contribution in [0.25, 0.3) is 0 Å². The van der Waals surface area contributed by atoms with Gasteiger partial charge in [0.25, 0.3) is 0 Å². The zero-order valence-corrected chi connectivity index (χ0v) is 8.92. The van der Waals surface area contributed by atoms with Crippen molar-refractivity contribution in [3.8, 4) is 5.75 Å². The Morgan fingerprint density at radius 2 is 2.33 bits per heavy atom. The lowest BCUT2D eigenvalue weighted by molar-refractivity contribution is 0.384. The third kappa shape index (κ3) is 1.84. The fourth-order valence-electron chi connectivity index (χ4n) is 2.30. The highest BCUT2D eigenvalue weighted by atomic mass is 19.1. The number of rotatable bonds is 2. The van der Waals surface area contributed by atoms with Crippen molar-refractivity contribution in [2.24, 2.45) is 5.73 Å². The molecule has 1 aliphatic rings. The molecular formula is C12H16FNO. The summed E-state index contributed by atoms with van der Waals surface area (Å²) in [5, 5.41) is 0. The molecule has 0 aromatic heterocycles. The first-order valence-corrected chi connectivity index (χ1v) is 5.32. The third-order valence-electron chi connectivity index (χ3n) is 3.14. The molecule has 15 heavy (non-hydrogen) atoms. The third-order valence-corrected chi connectivity index (χ3v) is 3.14. The van der Waals surface area contributed by atoms with Crippen LogP contribution in [0.1, 0.15) is 29.9 Å². The molecule has 0 fully saturated rings. The number of hydrogen-bond donors (Lipinski definition) is 1. The van der Waals surface area contributed by atoms with Gasteiger partial charge in [-0.2, -0.15) is 0 Å². The van der Waals surface area contributed by atoms with Gasteiger partial charge in [0.2, 0.25) is 0 Å². The van der Waals surface area contributed by atoms with Gasteiger partial charge < -0.3 is 10.5 Å². The number of benzene rings is 1. The lowest BCUT2D eigenvalue weighted by Gasteiger charge is -2.24. The van der Waals surface area contributed by atoms with Crippen LogP contribution in [0, 0.1) is 5.82 Å². The van der Waals surface area contributed by atoms with E-state index in [9.17, 15) is 4.39 Å². The smallest absolute Gasteiger partial charge is 0.165 e. The van der Waals surface area contributed by atoms with Crippen molar-refractivity contribution in [1.82, 2.24) is 0 Å². The number of aryl methyl sites for hydroxylation is 1. The molecule has 0 bridgehead atoms. The maximum absolute atomic E-state index is 13.5. The van der Waals surface area contributed by atoms with Gasteiger partial charge in [0, 0.05) is 0 Å². The molecule has 0 heterocycles. The number of ether oxygens (including phenoxy) is 1. The van der Waals surface area contributed by atoms with Crippen LogP contribution in [0.5, 0.6) is 5.75 Å². The van der Waals surface area contributed by atoms with Crippen molar-refractivity contribution in [3.63, 3.8) is 0 Å². The van der Waals surface area contributed by atoms with E-state index >= 15 is 0 Å². The van der Waals surface area contributed by atoms with Crippen molar-refractivity contribution >= 4 is 0 Å². The Hall–Kier alpha value is -1.09. The van der Waals surface area contributed by atoms with Gasteiger partial charge in [0.1, 0.15) is 0 Å². The second-order valence-electron chi connectivity index (χ2n) is 4.01. The minimum atomic E-state index is -0.281. The van der Waals surface area contributed by atoms with Crippen LogP contribution in [0.2, 0.25) is 0 Å². The number of nitrogens with two attached hydrogens (primary N) is 1. The Bertz CT molecular complexity index is 365. The first-order valence-electron chi connectivity index (χ1n) is 5.32. The predicted octanol–water partition coefficient (Wildman–Crippen LogP) is 2.21. The van der Waals surface area contributed by atoms with Crippen molar-refractivity contribution in [2.75, 3.05) is 13.7 Å². The van der Waals surface area contributed by atoms with Crippen LogP contribution in [0.15, 0.2) is 12.1 Å². The molecule has 0 amide bonds. The summed E-state index contributed by atoms with van der Waals surface area (Å²) in [6.07, 6.45) is 3.20. The molecule has 0 spiro atoms. The summed E-state index contributed by atoms with van der Waals surface area (Å²) in [5.74, 6) is 0.372. The lowest BCUT2D eigenvalue weighted by atomic mass is 9.82. The van der Waals surface area contributed by atoms with E-state index in [1.807, 2.05) is 6.07 Å². The molecule has 0 saturated heterocycles. The van der Waals surface area contributed by atoms with Crippen LogP contribution >= 0.6 is 0 Å². The van der Waals surface area contributed by atoms with E-state index in [2.05, 4.69) is 0 Å². The number of halogens is 1. The summed E-state index contributed by atoms with van der Waals surface area (Å²) in [4.78, 5) is 0. The predicted molar refractivity (Wildman–Crippen MR) is 57.7 cm³/mol.